The Kier molecular flexibility index (Phi) is 23.5. The van der Waals surface area contributed by atoms with E-state index in [1.165, 1.54) is 0 Å². The van der Waals surface area contributed by atoms with E-state index >= 15 is 0 Å². The van der Waals surface area contributed by atoms with Crippen LogP contribution in [0.3, 0.4) is 0 Å². The Labute approximate surface area is 287 Å². The van der Waals surface area contributed by atoms with E-state index in [1.54, 1.807) is 20.8 Å². The number of nitrogens with one attached hydrogen (secondary N) is 4. The molecule has 4 N–H and O–H groups in total. The maximum Gasteiger partial charge on any atom is 0.223 e. The Bertz CT molecular complexity index is 992. The zero-order valence-electron chi connectivity index (χ0n) is 31.7. The normalized spacial score (nSPS) is 14.1. The zero-order valence-corrected chi connectivity index (χ0v) is 31.7. The second-order valence-corrected chi connectivity index (χ2v) is 16.2. The first-order chi connectivity index (χ1) is 20.7. The fourth-order valence-electron chi connectivity index (χ4n) is 4.18. The highest BCUT2D eigenvalue weighted by atomic mass is 16.2. The lowest BCUT2D eigenvalue weighted by atomic mass is 9.89. The molecule has 0 aliphatic carbocycles. The van der Waals surface area contributed by atoms with Gasteiger partial charge in [0.1, 0.15) is 0 Å². The van der Waals surface area contributed by atoms with E-state index in [0.717, 1.165) is 12.8 Å². The fraction of sp³-hybridized carbons (Fsp3) is 0.838. The van der Waals surface area contributed by atoms with Gasteiger partial charge in [-0.2, -0.15) is 0 Å². The highest BCUT2D eigenvalue weighted by molar-refractivity contribution is 5.93. The fourth-order valence-corrected chi connectivity index (χ4v) is 4.18. The second kappa shape index (κ2) is 22.7. The van der Waals surface area contributed by atoms with Crippen molar-refractivity contribution in [2.24, 2.45) is 28.6 Å². The van der Waals surface area contributed by atoms with Gasteiger partial charge in [0, 0.05) is 49.6 Å². The van der Waals surface area contributed by atoms with Crippen molar-refractivity contribution in [2.45, 2.75) is 174 Å². The van der Waals surface area contributed by atoms with E-state index in [-0.39, 0.29) is 90.2 Å². The van der Waals surface area contributed by atoms with Gasteiger partial charge in [-0.05, 0) is 64.2 Å². The van der Waals surface area contributed by atoms with Crippen LogP contribution < -0.4 is 21.3 Å². The molecule has 4 atom stereocenters. The van der Waals surface area contributed by atoms with Crippen LogP contribution in [-0.4, -0.2) is 59.4 Å². The molecule has 0 aromatic rings. The van der Waals surface area contributed by atoms with Gasteiger partial charge >= 0.3 is 0 Å². The summed E-state index contributed by atoms with van der Waals surface area (Å²) in [7, 11) is 0. The summed E-state index contributed by atoms with van der Waals surface area (Å²) in [6.45, 7) is 29.0. The van der Waals surface area contributed by atoms with Gasteiger partial charge in [-0.1, -0.05) is 76.7 Å². The average Bonchev–Trinajstić information content (AvgIpc) is 2.87. The number of carbonyl (C=O) groups excluding carboxylic acids is 6. The van der Waals surface area contributed by atoms with Gasteiger partial charge in [-0.25, -0.2) is 0 Å². The van der Waals surface area contributed by atoms with Crippen molar-refractivity contribution in [3.8, 4) is 0 Å². The first-order valence-corrected chi connectivity index (χ1v) is 17.0. The van der Waals surface area contributed by atoms with Crippen LogP contribution in [0.2, 0.25) is 0 Å². The molecule has 0 bridgehead atoms. The Morgan fingerprint density at radius 3 is 1.17 bits per heavy atom. The van der Waals surface area contributed by atoms with E-state index in [1.807, 2.05) is 41.5 Å². The van der Waals surface area contributed by atoms with Crippen molar-refractivity contribution in [1.82, 2.24) is 21.3 Å². The molecule has 0 aliphatic rings. The third kappa shape index (κ3) is 25.9. The van der Waals surface area contributed by atoms with E-state index in [2.05, 4.69) is 62.8 Å². The average molecular weight is 669 g/mol. The molecule has 4 amide bonds. The number of amides is 4. The topological polar surface area (TPSA) is 151 Å². The minimum atomic E-state index is -0.554. The van der Waals surface area contributed by atoms with Crippen LogP contribution in [0.1, 0.15) is 150 Å². The summed E-state index contributed by atoms with van der Waals surface area (Å²) in [5.74, 6) is -1.45. The van der Waals surface area contributed by atoms with Crippen LogP contribution in [0.15, 0.2) is 0 Å². The van der Waals surface area contributed by atoms with Crippen LogP contribution >= 0.6 is 0 Å². The summed E-state index contributed by atoms with van der Waals surface area (Å²) in [5, 5.41) is 11.2. The van der Waals surface area contributed by atoms with Crippen LogP contribution in [0.25, 0.3) is 0 Å². The smallest absolute Gasteiger partial charge is 0.223 e. The predicted octanol–water partition coefficient (Wildman–Crippen LogP) is 6.15. The minimum Gasteiger partial charge on any atom is -0.354 e. The van der Waals surface area contributed by atoms with Gasteiger partial charge in [0.15, 0.2) is 11.6 Å². The number of ketones is 2. The quantitative estimate of drug-likeness (QED) is 0.146. The molecule has 0 aromatic carbocycles. The van der Waals surface area contributed by atoms with Crippen LogP contribution in [0, 0.1) is 28.6 Å². The molecule has 276 valence electrons. The number of hydrogen-bond donors (Lipinski definition) is 4. The molecule has 0 spiro atoms. The molecule has 10 heteroatoms. The monoisotopic (exact) mass is 669 g/mol. The summed E-state index contributed by atoms with van der Waals surface area (Å²) in [6.07, 6.45) is 2.63. The molecule has 0 unspecified atom stereocenters. The summed E-state index contributed by atoms with van der Waals surface area (Å²) in [5.41, 5.74) is 0.173. The van der Waals surface area contributed by atoms with Crippen molar-refractivity contribution in [3.05, 3.63) is 0 Å². The number of carbonyl (C=O) groups is 6. The third-order valence-electron chi connectivity index (χ3n) is 7.17. The van der Waals surface area contributed by atoms with Gasteiger partial charge in [-0.15, -0.1) is 0 Å². The first-order valence-electron chi connectivity index (χ1n) is 17.0. The van der Waals surface area contributed by atoms with Crippen molar-refractivity contribution in [1.29, 1.82) is 0 Å². The minimum absolute atomic E-state index is 0. The van der Waals surface area contributed by atoms with Gasteiger partial charge in [0.25, 0.3) is 0 Å². The summed E-state index contributed by atoms with van der Waals surface area (Å²) in [6, 6.07) is -0.985. The highest BCUT2D eigenvalue weighted by Gasteiger charge is 2.28. The number of rotatable bonds is 17. The van der Waals surface area contributed by atoms with Gasteiger partial charge in [0.2, 0.25) is 23.6 Å². The van der Waals surface area contributed by atoms with E-state index in [9.17, 15) is 28.8 Å². The molecule has 0 rings (SSSR count). The van der Waals surface area contributed by atoms with Crippen molar-refractivity contribution in [2.75, 3.05) is 0 Å². The molecule has 0 aromatic heterocycles. The van der Waals surface area contributed by atoms with E-state index < -0.39 is 18.0 Å². The van der Waals surface area contributed by atoms with Crippen LogP contribution in [-0.2, 0) is 28.8 Å². The lowest BCUT2D eigenvalue weighted by Crippen LogP contribution is -2.46. The lowest BCUT2D eigenvalue weighted by Gasteiger charge is -2.24. The summed E-state index contributed by atoms with van der Waals surface area (Å²) < 4.78 is 0. The first kappa shape index (κ1) is 48.6. The summed E-state index contributed by atoms with van der Waals surface area (Å²) >= 11 is 0. The molecule has 47 heavy (non-hydrogen) atoms. The van der Waals surface area contributed by atoms with Gasteiger partial charge in [-0.3, -0.25) is 28.8 Å². The van der Waals surface area contributed by atoms with E-state index in [4.69, 9.17) is 0 Å². The summed E-state index contributed by atoms with van der Waals surface area (Å²) in [4.78, 5) is 72.3. The number of Topliss-reactive ketones (excluding diaryl/α,β-unsaturated/α-hetero) is 2. The second-order valence-electron chi connectivity index (χ2n) is 16.2. The van der Waals surface area contributed by atoms with Crippen molar-refractivity contribution in [3.63, 3.8) is 0 Å². The molecule has 0 saturated heterocycles. The Balaban J connectivity index is -0.000000810. The molecule has 0 heterocycles. The zero-order chi connectivity index (χ0) is 36.6. The Hall–Kier alpha value is -2.78. The number of hydrogen-bond acceptors (Lipinski definition) is 6. The maximum atomic E-state index is 12.5. The SMILES string of the molecule is C.CC(C)NC(=O)[C@@H](C)CC(=O)[C@H](C)NC(=O)CCC(C)(C)C.CC(C)NC(=O)[C@H](C)CC(=O)[C@@H](NC(=O)CCC(C)(C)C)C(C)C. The van der Waals surface area contributed by atoms with E-state index in [0.29, 0.717) is 12.8 Å². The molecular weight excluding hydrogens is 596 g/mol. The molecule has 0 fully saturated rings. The largest absolute Gasteiger partial charge is 0.354 e. The highest BCUT2D eigenvalue weighted by Crippen LogP contribution is 2.21. The van der Waals surface area contributed by atoms with Crippen molar-refractivity contribution < 1.29 is 28.8 Å². The molecule has 0 aliphatic heterocycles. The van der Waals surface area contributed by atoms with Crippen LogP contribution in [0.5, 0.6) is 0 Å². The predicted molar refractivity (Wildman–Crippen MR) is 193 cm³/mol. The lowest BCUT2D eigenvalue weighted by molar-refractivity contribution is -0.132. The molecule has 0 saturated carbocycles. The standard InChI is InChI=1S/C19H36N2O3.C17H32N2O3.CH4/c1-12(2)17(21-16(23)9-10-19(6,7)8)15(22)11-14(5)18(24)20-13(3)4;1-11(2)18-16(22)12(3)10-14(20)13(4)19-15(21)8-9-17(5,6)7;/h12-14,17H,9-11H2,1-8H3,(H,20,24)(H,21,23);11-13H,8-10H2,1-7H3,(H,18,22)(H,19,21);1H4/t14-,17+;12-,13-;/m10./s1. The van der Waals surface area contributed by atoms with Crippen LogP contribution in [0.4, 0.5) is 0 Å². The van der Waals surface area contributed by atoms with Crippen molar-refractivity contribution >= 4 is 35.2 Å². The maximum absolute atomic E-state index is 12.5. The third-order valence-corrected chi connectivity index (χ3v) is 7.17. The van der Waals surface area contributed by atoms with Gasteiger partial charge < -0.3 is 21.3 Å². The molecular formula is C37H72N4O6. The Morgan fingerprint density at radius 1 is 0.511 bits per heavy atom. The van der Waals surface area contributed by atoms with Gasteiger partial charge in [0.05, 0.1) is 12.1 Å². The molecule has 0 radical (unpaired) electrons. The molecule has 10 nitrogen and oxygen atoms in total. The Morgan fingerprint density at radius 2 is 0.851 bits per heavy atom.